The molecule has 1 saturated heterocycles. The first-order valence-corrected chi connectivity index (χ1v) is 14.4. The van der Waals surface area contributed by atoms with Crippen LogP contribution in [0, 0.1) is 17.3 Å². The second kappa shape index (κ2) is 9.31. The van der Waals surface area contributed by atoms with Crippen LogP contribution in [0.2, 0.25) is 0 Å². The van der Waals surface area contributed by atoms with Crippen molar-refractivity contribution in [2.75, 3.05) is 20.1 Å². The molecule has 2 aromatic carbocycles. The molecule has 1 heterocycles. The number of rotatable bonds is 6. The second-order valence-electron chi connectivity index (χ2n) is 12.8. The molecule has 0 unspecified atom stereocenters. The molecule has 1 N–H and O–H groups in total. The van der Waals surface area contributed by atoms with Crippen LogP contribution in [0.25, 0.3) is 0 Å². The van der Waals surface area contributed by atoms with Crippen LogP contribution in [-0.4, -0.2) is 53.0 Å². The van der Waals surface area contributed by atoms with Crippen molar-refractivity contribution >= 4 is 18.3 Å². The molecule has 1 amide bonds. The van der Waals surface area contributed by atoms with Crippen molar-refractivity contribution in [1.29, 1.82) is 0 Å². The largest absolute Gasteiger partial charge is 0.508 e. The lowest BCUT2D eigenvalue weighted by atomic mass is 9.44. The quantitative estimate of drug-likeness (QED) is 0.528. The topological polar surface area (TPSA) is 43.8 Å². The maximum Gasteiger partial charge on any atom is 0.222 e. The number of hydrogen-bond donors (Lipinski definition) is 1. The van der Waals surface area contributed by atoms with Gasteiger partial charge in [0.1, 0.15) is 5.75 Å². The lowest BCUT2D eigenvalue weighted by Crippen LogP contribution is -2.70. The Hall–Kier alpha value is -2.04. The number of carbonyl (C=O) groups excluding carboxylic acids is 1. The minimum absolute atomic E-state index is 0. The van der Waals surface area contributed by atoms with Gasteiger partial charge in [0.05, 0.1) is 0 Å². The predicted molar refractivity (Wildman–Crippen MR) is 149 cm³/mol. The van der Waals surface area contributed by atoms with E-state index in [1.54, 1.807) is 0 Å². The molecule has 2 aromatic rings. The van der Waals surface area contributed by atoms with E-state index in [2.05, 4.69) is 53.2 Å². The molecule has 5 aliphatic rings. The molecule has 5 atom stereocenters. The molecule has 4 nitrogen and oxygen atoms in total. The Kier molecular flexibility index (Phi) is 6.35. The van der Waals surface area contributed by atoms with Gasteiger partial charge in [-0.1, -0.05) is 36.4 Å². The van der Waals surface area contributed by atoms with Crippen LogP contribution in [0.15, 0.2) is 48.5 Å². The van der Waals surface area contributed by atoms with Crippen LogP contribution in [0.1, 0.15) is 68.1 Å². The van der Waals surface area contributed by atoms with Crippen molar-refractivity contribution in [1.82, 2.24) is 9.80 Å². The number of carbonyl (C=O) groups is 1. The summed E-state index contributed by atoms with van der Waals surface area (Å²) < 4.78 is 0. The number of fused-ring (bicyclic) bond motifs is 2. The summed E-state index contributed by atoms with van der Waals surface area (Å²) in [4.78, 5) is 18.5. The first-order valence-electron chi connectivity index (χ1n) is 14.4. The number of likely N-dealkylation sites (tertiary alicyclic amines) is 1. The number of piperidine rings is 1. The number of phenolic OH excluding ortho intramolecular Hbond substituents is 1. The van der Waals surface area contributed by atoms with E-state index in [-0.39, 0.29) is 29.1 Å². The van der Waals surface area contributed by atoms with Crippen LogP contribution in [-0.2, 0) is 23.1 Å². The van der Waals surface area contributed by atoms with Crippen molar-refractivity contribution < 1.29 is 9.90 Å². The van der Waals surface area contributed by atoms with E-state index in [0.717, 1.165) is 25.2 Å². The van der Waals surface area contributed by atoms with Crippen LogP contribution < -0.4 is 0 Å². The smallest absolute Gasteiger partial charge is 0.222 e. The van der Waals surface area contributed by atoms with Gasteiger partial charge in [-0.25, -0.2) is 0 Å². The first-order chi connectivity index (χ1) is 17.5. The highest BCUT2D eigenvalue weighted by Crippen LogP contribution is 2.70. The van der Waals surface area contributed by atoms with E-state index in [1.165, 1.54) is 68.3 Å². The standard InChI is InChI=1S/C32H40N2O2.ClH/c1-33(30(36)14-9-22-5-3-2-4-6-22)28-20-31-15-16-34(21-23-7-8-23)29-13-11-25(28)19-32(29,31)18-24-10-12-26(35)17-27(24)31;/h2-6,10,12,17,23,25,28-29,35H,7-9,11,13-16,18-21H2,1H3;1H/t25-,28-,29+,31-,32-;/m1./s1. The predicted octanol–water partition coefficient (Wildman–Crippen LogP) is 5.74. The van der Waals surface area contributed by atoms with Gasteiger partial charge in [-0.05, 0) is 105 Å². The summed E-state index contributed by atoms with van der Waals surface area (Å²) in [5.41, 5.74) is 4.47. The van der Waals surface area contributed by atoms with E-state index in [4.69, 9.17) is 0 Å². The zero-order valence-electron chi connectivity index (χ0n) is 22.1. The number of amides is 1. The lowest BCUT2D eigenvalue weighted by molar-refractivity contribution is -0.154. The fourth-order valence-corrected chi connectivity index (χ4v) is 9.23. The Balaban J connectivity index is 0.00000252. The third-order valence-corrected chi connectivity index (χ3v) is 11.1. The van der Waals surface area contributed by atoms with Gasteiger partial charge in [-0.3, -0.25) is 9.69 Å². The summed E-state index contributed by atoms with van der Waals surface area (Å²) in [7, 11) is 2.08. The monoisotopic (exact) mass is 520 g/mol. The molecule has 2 bridgehead atoms. The zero-order chi connectivity index (χ0) is 24.5. The van der Waals surface area contributed by atoms with Crippen molar-refractivity contribution in [3.05, 3.63) is 65.2 Å². The Bertz CT molecular complexity index is 1170. The molecule has 4 aliphatic carbocycles. The number of nitrogens with zero attached hydrogens (tertiary/aromatic N) is 2. The second-order valence-corrected chi connectivity index (χ2v) is 12.8. The van der Waals surface area contributed by atoms with E-state index in [9.17, 15) is 9.90 Å². The van der Waals surface area contributed by atoms with Gasteiger partial charge < -0.3 is 10.0 Å². The minimum Gasteiger partial charge on any atom is -0.508 e. The van der Waals surface area contributed by atoms with Crippen molar-refractivity contribution in [3.63, 3.8) is 0 Å². The van der Waals surface area contributed by atoms with Gasteiger partial charge in [-0.15, -0.1) is 12.4 Å². The van der Waals surface area contributed by atoms with Crippen molar-refractivity contribution in [2.45, 2.75) is 81.7 Å². The zero-order valence-corrected chi connectivity index (χ0v) is 22.9. The van der Waals surface area contributed by atoms with Crippen LogP contribution in [0.5, 0.6) is 5.75 Å². The Morgan fingerprint density at radius 3 is 2.68 bits per heavy atom. The number of benzene rings is 2. The summed E-state index contributed by atoms with van der Waals surface area (Å²) in [5.74, 6) is 2.20. The Morgan fingerprint density at radius 1 is 1.08 bits per heavy atom. The molecular formula is C32H41ClN2O2. The van der Waals surface area contributed by atoms with E-state index in [1.807, 2.05) is 12.1 Å². The fourth-order valence-electron chi connectivity index (χ4n) is 9.23. The highest BCUT2D eigenvalue weighted by molar-refractivity contribution is 5.85. The molecule has 1 spiro atoms. The number of hydrogen-bond acceptors (Lipinski definition) is 3. The summed E-state index contributed by atoms with van der Waals surface area (Å²) in [6, 6.07) is 17.6. The molecule has 198 valence electrons. The lowest BCUT2D eigenvalue weighted by Gasteiger charge is -2.67. The Morgan fingerprint density at radius 2 is 1.89 bits per heavy atom. The number of halogens is 1. The number of aromatic hydroxyl groups is 1. The summed E-state index contributed by atoms with van der Waals surface area (Å²) in [6.45, 7) is 2.46. The molecule has 37 heavy (non-hydrogen) atoms. The van der Waals surface area contributed by atoms with Crippen molar-refractivity contribution in [3.8, 4) is 5.75 Å². The summed E-state index contributed by atoms with van der Waals surface area (Å²) in [5, 5.41) is 10.5. The van der Waals surface area contributed by atoms with Crippen LogP contribution >= 0.6 is 12.4 Å². The number of aryl methyl sites for hydroxylation is 1. The van der Waals surface area contributed by atoms with E-state index < -0.39 is 0 Å². The maximum absolute atomic E-state index is 13.5. The van der Waals surface area contributed by atoms with Gasteiger partial charge in [0.25, 0.3) is 0 Å². The molecule has 0 radical (unpaired) electrons. The van der Waals surface area contributed by atoms with Gasteiger partial charge >= 0.3 is 0 Å². The summed E-state index contributed by atoms with van der Waals surface area (Å²) in [6.07, 6.45) is 11.3. The minimum atomic E-state index is 0. The number of phenols is 1. The molecule has 4 fully saturated rings. The molecule has 5 heteroatoms. The highest BCUT2D eigenvalue weighted by Gasteiger charge is 2.69. The molecule has 0 aromatic heterocycles. The summed E-state index contributed by atoms with van der Waals surface area (Å²) >= 11 is 0. The van der Waals surface area contributed by atoms with Gasteiger partial charge in [0.15, 0.2) is 0 Å². The van der Waals surface area contributed by atoms with Crippen LogP contribution in [0.3, 0.4) is 0 Å². The highest BCUT2D eigenvalue weighted by atomic mass is 35.5. The van der Waals surface area contributed by atoms with Gasteiger partial charge in [0, 0.05) is 42.9 Å². The average molecular weight is 521 g/mol. The molecule has 1 aliphatic heterocycles. The van der Waals surface area contributed by atoms with Crippen LogP contribution in [0.4, 0.5) is 0 Å². The average Bonchev–Trinajstić information content (AvgIpc) is 3.67. The SMILES string of the molecule is CN(C(=O)CCc1ccccc1)[C@@H]1C[C@@]23CCN(CC4CC4)[C@H]4CC[C@@H]1C[C@]42Cc1ccc(O)cc13.Cl. The van der Waals surface area contributed by atoms with Gasteiger partial charge in [-0.2, -0.15) is 0 Å². The van der Waals surface area contributed by atoms with Gasteiger partial charge in [0.2, 0.25) is 5.91 Å². The molecule has 3 saturated carbocycles. The third kappa shape index (κ3) is 3.93. The van der Waals surface area contributed by atoms with Crippen molar-refractivity contribution in [2.24, 2.45) is 17.3 Å². The fraction of sp³-hybridized carbons (Fsp3) is 0.594. The van der Waals surface area contributed by atoms with E-state index in [0.29, 0.717) is 30.2 Å². The Labute approximate surface area is 227 Å². The third-order valence-electron chi connectivity index (χ3n) is 11.1. The maximum atomic E-state index is 13.5. The normalized spacial score (nSPS) is 33.7. The molecule has 7 rings (SSSR count). The van der Waals surface area contributed by atoms with E-state index >= 15 is 0 Å². The molecular weight excluding hydrogens is 480 g/mol. The first kappa shape index (κ1) is 25.2.